The van der Waals surface area contributed by atoms with Crippen LogP contribution in [0.15, 0.2) is 54.7 Å². The minimum Gasteiger partial charge on any atom is -0.488 e. The second kappa shape index (κ2) is 9.46. The fraction of sp³-hybridized carbons (Fsp3) is 0.280. The molecule has 8 heteroatoms. The molecule has 2 aromatic carbocycles. The summed E-state index contributed by atoms with van der Waals surface area (Å²) in [6.45, 7) is 5.60. The van der Waals surface area contributed by atoms with Crippen LogP contribution in [-0.2, 0) is 0 Å². The van der Waals surface area contributed by atoms with Gasteiger partial charge in [-0.3, -0.25) is 4.79 Å². The van der Waals surface area contributed by atoms with Gasteiger partial charge in [0, 0.05) is 18.0 Å². The van der Waals surface area contributed by atoms with E-state index >= 15 is 0 Å². The Balaban J connectivity index is 1.64. The first-order chi connectivity index (χ1) is 15.9. The number of carbonyl (C=O) groups excluding carboxylic acids is 1. The summed E-state index contributed by atoms with van der Waals surface area (Å²) in [4.78, 5) is 19.4. The summed E-state index contributed by atoms with van der Waals surface area (Å²) in [7, 11) is 0. The van der Waals surface area contributed by atoms with Gasteiger partial charge in [0.15, 0.2) is 17.3 Å². The number of aromatic nitrogens is 1. The number of ether oxygens (including phenoxy) is 2. The van der Waals surface area contributed by atoms with Crippen LogP contribution in [0.1, 0.15) is 29.8 Å². The molecule has 3 aromatic rings. The van der Waals surface area contributed by atoms with Gasteiger partial charge < -0.3 is 24.8 Å². The minimum absolute atomic E-state index is 0.125. The molecule has 2 heterocycles. The van der Waals surface area contributed by atoms with Crippen molar-refractivity contribution in [3.05, 3.63) is 71.7 Å². The van der Waals surface area contributed by atoms with Gasteiger partial charge in [-0.15, -0.1) is 0 Å². The topological polar surface area (TPSA) is 83.9 Å². The molecule has 172 valence electrons. The number of para-hydroxylation sites is 1. The van der Waals surface area contributed by atoms with Gasteiger partial charge in [-0.05, 0) is 56.7 Å². The molecule has 1 atom stereocenters. The fourth-order valence-electron chi connectivity index (χ4n) is 3.67. The molecule has 0 fully saturated rings. The predicted octanol–water partition coefficient (Wildman–Crippen LogP) is 4.46. The van der Waals surface area contributed by atoms with Crippen LogP contribution >= 0.6 is 0 Å². The van der Waals surface area contributed by atoms with Crippen LogP contribution in [0.2, 0.25) is 0 Å². The van der Waals surface area contributed by atoms with Crippen LogP contribution in [0.25, 0.3) is 0 Å². The zero-order valence-electron chi connectivity index (χ0n) is 18.7. The van der Waals surface area contributed by atoms with Gasteiger partial charge in [-0.2, -0.15) is 0 Å². The van der Waals surface area contributed by atoms with Crippen molar-refractivity contribution in [2.24, 2.45) is 0 Å². The Morgan fingerprint density at radius 3 is 2.79 bits per heavy atom. The zero-order valence-corrected chi connectivity index (χ0v) is 18.7. The molecule has 0 saturated carbocycles. The number of aryl methyl sites for hydroxylation is 1. The second-order valence-electron chi connectivity index (χ2n) is 8.13. The molecule has 1 amide bonds. The van der Waals surface area contributed by atoms with E-state index in [4.69, 9.17) is 9.47 Å². The number of aliphatic hydroxyl groups is 1. The Hall–Kier alpha value is -3.65. The largest absolute Gasteiger partial charge is 0.488 e. The van der Waals surface area contributed by atoms with Gasteiger partial charge in [-0.1, -0.05) is 12.1 Å². The van der Waals surface area contributed by atoms with Gasteiger partial charge >= 0.3 is 0 Å². The third-order valence-electron chi connectivity index (χ3n) is 5.19. The highest BCUT2D eigenvalue weighted by molar-refractivity contribution is 6.07. The van der Waals surface area contributed by atoms with Crippen molar-refractivity contribution in [2.75, 3.05) is 23.4 Å². The number of rotatable bonds is 6. The van der Waals surface area contributed by atoms with Gasteiger partial charge in [0.25, 0.3) is 5.91 Å². The molecule has 1 aliphatic heterocycles. The molecule has 0 aliphatic carbocycles. The van der Waals surface area contributed by atoms with Crippen molar-refractivity contribution in [3.63, 3.8) is 0 Å². The number of nitrogens with zero attached hydrogens (tertiary/aromatic N) is 2. The zero-order chi connectivity index (χ0) is 23.5. The summed E-state index contributed by atoms with van der Waals surface area (Å²) < 4.78 is 25.6. The maximum Gasteiger partial charge on any atom is 0.259 e. The van der Waals surface area contributed by atoms with E-state index in [1.807, 2.05) is 43.9 Å². The van der Waals surface area contributed by atoms with Crippen LogP contribution in [0, 0.1) is 12.7 Å². The first kappa shape index (κ1) is 22.5. The molecule has 33 heavy (non-hydrogen) atoms. The molecule has 0 bridgehead atoms. The Morgan fingerprint density at radius 2 is 2.12 bits per heavy atom. The number of hydrogen-bond acceptors (Lipinski definition) is 6. The van der Waals surface area contributed by atoms with Gasteiger partial charge in [-0.25, -0.2) is 9.37 Å². The number of nitrogens with one attached hydrogen (secondary N) is 1. The third-order valence-corrected chi connectivity index (χ3v) is 5.19. The minimum atomic E-state index is -0.560. The van der Waals surface area contributed by atoms with Crippen LogP contribution in [0.4, 0.5) is 21.6 Å². The maximum absolute atomic E-state index is 14.3. The van der Waals surface area contributed by atoms with Gasteiger partial charge in [0.05, 0.1) is 30.0 Å². The number of fused-ring (bicyclic) bond motifs is 1. The maximum atomic E-state index is 14.3. The summed E-state index contributed by atoms with van der Waals surface area (Å²) in [5.74, 6) is 0.143. The van der Waals surface area contributed by atoms with E-state index in [0.717, 1.165) is 5.56 Å². The lowest BCUT2D eigenvalue weighted by Crippen LogP contribution is -2.43. The van der Waals surface area contributed by atoms with E-state index in [2.05, 4.69) is 10.3 Å². The van der Waals surface area contributed by atoms with E-state index in [-0.39, 0.29) is 31.1 Å². The van der Waals surface area contributed by atoms with E-state index in [1.165, 1.54) is 12.1 Å². The summed E-state index contributed by atoms with van der Waals surface area (Å²) in [6.07, 6.45) is 1.58. The molecular weight excluding hydrogens is 425 g/mol. The van der Waals surface area contributed by atoms with Crippen LogP contribution in [-0.4, -0.2) is 41.4 Å². The molecule has 0 spiro atoms. The van der Waals surface area contributed by atoms with Crippen LogP contribution in [0.5, 0.6) is 11.5 Å². The van der Waals surface area contributed by atoms with Crippen molar-refractivity contribution in [1.29, 1.82) is 0 Å². The second-order valence-corrected chi connectivity index (χ2v) is 8.13. The number of benzene rings is 2. The fourth-order valence-corrected chi connectivity index (χ4v) is 3.67. The normalized spacial score (nSPS) is 15.1. The predicted molar refractivity (Wildman–Crippen MR) is 124 cm³/mol. The number of carbonyl (C=O) groups is 1. The van der Waals surface area contributed by atoms with Crippen molar-refractivity contribution in [2.45, 2.75) is 32.9 Å². The SMILES string of the molecule is Cc1ccc(N2c3cccc(C(=O)Nc4ccc(OC(C)C)c(F)c4)c3OCC2CO)nc1. The number of halogens is 1. The van der Waals surface area contributed by atoms with Gasteiger partial charge in [0.2, 0.25) is 0 Å². The van der Waals surface area contributed by atoms with Crippen molar-refractivity contribution < 1.29 is 23.8 Å². The summed E-state index contributed by atoms with van der Waals surface area (Å²) in [5, 5.41) is 12.6. The van der Waals surface area contributed by atoms with E-state index < -0.39 is 11.7 Å². The molecule has 1 unspecified atom stereocenters. The first-order valence-electron chi connectivity index (χ1n) is 10.7. The number of hydrogen-bond donors (Lipinski definition) is 2. The number of amides is 1. The Labute approximate surface area is 191 Å². The number of aliphatic hydroxyl groups excluding tert-OH is 1. The summed E-state index contributed by atoms with van der Waals surface area (Å²) in [5.41, 5.74) is 2.23. The molecule has 0 saturated heterocycles. The quantitative estimate of drug-likeness (QED) is 0.576. The lowest BCUT2D eigenvalue weighted by Gasteiger charge is -2.37. The average molecular weight is 451 g/mol. The highest BCUT2D eigenvalue weighted by Crippen LogP contribution is 2.41. The standard InChI is InChI=1S/C25H26FN3O4/c1-15(2)33-22-9-8-17(11-20(22)26)28-25(31)19-5-4-6-21-24(19)32-14-18(13-30)29(21)23-10-7-16(3)12-27-23/h4-12,15,18,30H,13-14H2,1-3H3,(H,28,31). The first-order valence-corrected chi connectivity index (χ1v) is 10.7. The van der Waals surface area contributed by atoms with Crippen molar-refractivity contribution >= 4 is 23.1 Å². The van der Waals surface area contributed by atoms with Crippen LogP contribution in [0.3, 0.4) is 0 Å². The van der Waals surface area contributed by atoms with E-state index in [1.54, 1.807) is 24.4 Å². The van der Waals surface area contributed by atoms with Crippen LogP contribution < -0.4 is 19.7 Å². The molecule has 0 radical (unpaired) electrons. The average Bonchev–Trinajstić information content (AvgIpc) is 2.80. The molecule has 4 rings (SSSR count). The lowest BCUT2D eigenvalue weighted by atomic mass is 10.1. The van der Waals surface area contributed by atoms with E-state index in [9.17, 15) is 14.3 Å². The monoisotopic (exact) mass is 451 g/mol. The molecular formula is C25H26FN3O4. The smallest absolute Gasteiger partial charge is 0.259 e. The lowest BCUT2D eigenvalue weighted by molar-refractivity contribution is 0.102. The van der Waals surface area contributed by atoms with Crippen molar-refractivity contribution in [1.82, 2.24) is 4.98 Å². The third kappa shape index (κ3) is 4.75. The molecule has 7 nitrogen and oxygen atoms in total. The number of pyridine rings is 1. The Kier molecular flexibility index (Phi) is 6.46. The van der Waals surface area contributed by atoms with Gasteiger partial charge in [0.1, 0.15) is 12.4 Å². The molecule has 1 aromatic heterocycles. The summed E-state index contributed by atoms with van der Waals surface area (Å²) >= 11 is 0. The summed E-state index contributed by atoms with van der Waals surface area (Å²) in [6, 6.07) is 12.9. The highest BCUT2D eigenvalue weighted by atomic mass is 19.1. The van der Waals surface area contributed by atoms with E-state index in [0.29, 0.717) is 28.5 Å². The Morgan fingerprint density at radius 1 is 1.30 bits per heavy atom. The molecule has 2 N–H and O–H groups in total. The highest BCUT2D eigenvalue weighted by Gasteiger charge is 2.32. The number of anilines is 3. The Bertz CT molecular complexity index is 1150. The van der Waals surface area contributed by atoms with Crippen molar-refractivity contribution in [3.8, 4) is 11.5 Å². The molecule has 1 aliphatic rings.